The minimum atomic E-state index is -4.25. The number of fused-ring (bicyclic) bond motifs is 1. The van der Waals surface area contributed by atoms with Crippen molar-refractivity contribution >= 4 is 28.2 Å². The van der Waals surface area contributed by atoms with Crippen LogP contribution in [0, 0.1) is 5.92 Å². The van der Waals surface area contributed by atoms with Crippen molar-refractivity contribution in [2.45, 2.75) is 39.3 Å². The third-order valence-electron chi connectivity index (χ3n) is 3.50. The molecule has 2 rings (SSSR count). The van der Waals surface area contributed by atoms with Crippen molar-refractivity contribution in [2.75, 3.05) is 11.9 Å². The van der Waals surface area contributed by atoms with Crippen LogP contribution in [0.15, 0.2) is 0 Å². The molecule has 0 fully saturated rings. The molecular weight excluding hydrogens is 319 g/mol. The fourth-order valence-corrected chi connectivity index (χ4v) is 3.89. The lowest BCUT2D eigenvalue weighted by molar-refractivity contribution is -0.176. The molecule has 1 aromatic heterocycles. The standard InChI is InChI=1S/C14H16F3NO3S/c1-3-21-13(20)11-9-5-4-8(14(15,16)17)6-10(9)22-12(11)18-7(2)19/h8H,3-6H2,1-2H3,(H,18,19). The fourth-order valence-electron chi connectivity index (χ4n) is 2.53. The SMILES string of the molecule is CCOC(=O)c1c(NC(C)=O)sc2c1CCC(C(F)(F)F)C2. The zero-order valence-electron chi connectivity index (χ0n) is 12.2. The zero-order chi connectivity index (χ0) is 16.5. The van der Waals surface area contributed by atoms with Gasteiger partial charge in [0.2, 0.25) is 5.91 Å². The molecule has 22 heavy (non-hydrogen) atoms. The number of ether oxygens (including phenoxy) is 1. The Bertz CT molecular complexity index is 595. The van der Waals surface area contributed by atoms with E-state index < -0.39 is 18.1 Å². The number of alkyl halides is 3. The van der Waals surface area contributed by atoms with Gasteiger partial charge in [-0.3, -0.25) is 4.79 Å². The van der Waals surface area contributed by atoms with Gasteiger partial charge in [-0.15, -0.1) is 11.3 Å². The number of carbonyl (C=O) groups excluding carboxylic acids is 2. The molecule has 0 radical (unpaired) electrons. The van der Waals surface area contributed by atoms with Crippen LogP contribution >= 0.6 is 11.3 Å². The Morgan fingerprint density at radius 2 is 2.09 bits per heavy atom. The van der Waals surface area contributed by atoms with Crippen LogP contribution in [0.1, 0.15) is 41.1 Å². The number of nitrogens with one attached hydrogen (secondary N) is 1. The molecule has 0 aromatic carbocycles. The largest absolute Gasteiger partial charge is 0.462 e. The summed E-state index contributed by atoms with van der Waals surface area (Å²) in [6.07, 6.45) is -4.31. The number of hydrogen-bond acceptors (Lipinski definition) is 4. The maximum Gasteiger partial charge on any atom is 0.392 e. The van der Waals surface area contributed by atoms with Crippen LogP contribution in [-0.4, -0.2) is 24.7 Å². The molecule has 1 aliphatic rings. The molecule has 0 aliphatic heterocycles. The van der Waals surface area contributed by atoms with Crippen LogP contribution in [0.25, 0.3) is 0 Å². The first-order valence-electron chi connectivity index (χ1n) is 6.90. The molecule has 122 valence electrons. The van der Waals surface area contributed by atoms with E-state index in [9.17, 15) is 22.8 Å². The molecule has 0 saturated carbocycles. The summed E-state index contributed by atoms with van der Waals surface area (Å²) in [5.41, 5.74) is 0.783. The van der Waals surface area contributed by atoms with Crippen molar-refractivity contribution in [3.05, 3.63) is 16.0 Å². The van der Waals surface area contributed by atoms with E-state index >= 15 is 0 Å². The maximum absolute atomic E-state index is 12.9. The smallest absolute Gasteiger partial charge is 0.392 e. The second kappa shape index (κ2) is 6.28. The van der Waals surface area contributed by atoms with Gasteiger partial charge in [-0.1, -0.05) is 0 Å². The highest BCUT2D eigenvalue weighted by Gasteiger charge is 2.43. The Morgan fingerprint density at radius 1 is 1.41 bits per heavy atom. The number of rotatable bonds is 3. The number of anilines is 1. The molecule has 1 heterocycles. The molecular formula is C14H16F3NO3S. The van der Waals surface area contributed by atoms with Gasteiger partial charge in [0, 0.05) is 11.8 Å². The molecule has 0 saturated heterocycles. The maximum atomic E-state index is 12.9. The van der Waals surface area contributed by atoms with Crippen molar-refractivity contribution < 1.29 is 27.5 Å². The lowest BCUT2D eigenvalue weighted by Crippen LogP contribution is -2.28. The molecule has 1 amide bonds. The first kappa shape index (κ1) is 16.8. The molecule has 1 unspecified atom stereocenters. The third-order valence-corrected chi connectivity index (χ3v) is 4.67. The van der Waals surface area contributed by atoms with Gasteiger partial charge in [0.15, 0.2) is 0 Å². The molecule has 1 aliphatic carbocycles. The summed E-state index contributed by atoms with van der Waals surface area (Å²) in [4.78, 5) is 23.8. The summed E-state index contributed by atoms with van der Waals surface area (Å²) in [6, 6.07) is 0. The lowest BCUT2D eigenvalue weighted by atomic mass is 9.86. The number of thiophene rings is 1. The molecule has 8 heteroatoms. The van der Waals surface area contributed by atoms with E-state index in [0.29, 0.717) is 10.4 Å². The molecule has 1 atom stereocenters. The van der Waals surface area contributed by atoms with E-state index in [2.05, 4.69) is 5.32 Å². The number of esters is 1. The minimum absolute atomic E-state index is 0.0564. The highest BCUT2D eigenvalue weighted by atomic mass is 32.1. The molecule has 0 spiro atoms. The van der Waals surface area contributed by atoms with Crippen LogP contribution in [0.3, 0.4) is 0 Å². The van der Waals surface area contributed by atoms with Gasteiger partial charge < -0.3 is 10.1 Å². The van der Waals surface area contributed by atoms with Gasteiger partial charge in [0.05, 0.1) is 18.1 Å². The van der Waals surface area contributed by atoms with Crippen LogP contribution in [0.5, 0.6) is 0 Å². The van der Waals surface area contributed by atoms with E-state index in [1.165, 1.54) is 6.92 Å². The normalized spacial score (nSPS) is 17.8. The lowest BCUT2D eigenvalue weighted by Gasteiger charge is -2.24. The van der Waals surface area contributed by atoms with Gasteiger partial charge in [-0.2, -0.15) is 13.2 Å². The summed E-state index contributed by atoms with van der Waals surface area (Å²) in [6.45, 7) is 3.09. The molecule has 1 aromatic rings. The summed E-state index contributed by atoms with van der Waals surface area (Å²) in [5, 5.41) is 2.80. The summed E-state index contributed by atoms with van der Waals surface area (Å²) in [5.74, 6) is -2.38. The second-order valence-electron chi connectivity index (χ2n) is 5.09. The summed E-state index contributed by atoms with van der Waals surface area (Å²) >= 11 is 1.03. The van der Waals surface area contributed by atoms with Crippen molar-refractivity contribution in [3.63, 3.8) is 0 Å². The Hall–Kier alpha value is -1.57. The van der Waals surface area contributed by atoms with Crippen molar-refractivity contribution in [1.82, 2.24) is 0 Å². The average Bonchev–Trinajstić information content (AvgIpc) is 2.73. The second-order valence-corrected chi connectivity index (χ2v) is 6.20. The predicted octanol–water partition coefficient (Wildman–Crippen LogP) is 3.55. The molecule has 0 bridgehead atoms. The van der Waals surface area contributed by atoms with Gasteiger partial charge in [-0.25, -0.2) is 4.79 Å². The third kappa shape index (κ3) is 3.43. The van der Waals surface area contributed by atoms with Gasteiger partial charge in [0.25, 0.3) is 0 Å². The summed E-state index contributed by atoms with van der Waals surface area (Å²) in [7, 11) is 0. The average molecular weight is 335 g/mol. The predicted molar refractivity (Wildman–Crippen MR) is 76.1 cm³/mol. The number of amides is 1. The van der Waals surface area contributed by atoms with Crippen LogP contribution in [0.4, 0.5) is 18.2 Å². The van der Waals surface area contributed by atoms with E-state index in [0.717, 1.165) is 11.3 Å². The van der Waals surface area contributed by atoms with Crippen LogP contribution in [-0.2, 0) is 22.4 Å². The minimum Gasteiger partial charge on any atom is -0.462 e. The van der Waals surface area contributed by atoms with E-state index in [4.69, 9.17) is 4.74 Å². The number of hydrogen-bond donors (Lipinski definition) is 1. The topological polar surface area (TPSA) is 55.4 Å². The number of halogens is 3. The Labute approximate surface area is 129 Å². The van der Waals surface area contributed by atoms with Crippen LogP contribution in [0.2, 0.25) is 0 Å². The van der Waals surface area contributed by atoms with E-state index in [-0.39, 0.29) is 42.3 Å². The molecule has 4 nitrogen and oxygen atoms in total. The number of carbonyl (C=O) groups is 2. The fraction of sp³-hybridized carbons (Fsp3) is 0.571. The Morgan fingerprint density at radius 3 is 2.64 bits per heavy atom. The van der Waals surface area contributed by atoms with Gasteiger partial charge in [-0.05, 0) is 31.7 Å². The highest BCUT2D eigenvalue weighted by Crippen LogP contribution is 2.44. The Balaban J connectivity index is 2.39. The van der Waals surface area contributed by atoms with Crippen molar-refractivity contribution in [3.8, 4) is 0 Å². The van der Waals surface area contributed by atoms with Crippen molar-refractivity contribution in [1.29, 1.82) is 0 Å². The molecule has 1 N–H and O–H groups in total. The van der Waals surface area contributed by atoms with E-state index in [1.54, 1.807) is 6.92 Å². The first-order valence-corrected chi connectivity index (χ1v) is 7.71. The summed E-state index contributed by atoms with van der Waals surface area (Å²) < 4.78 is 43.6. The zero-order valence-corrected chi connectivity index (χ0v) is 13.0. The van der Waals surface area contributed by atoms with Gasteiger partial charge in [0.1, 0.15) is 5.00 Å². The monoisotopic (exact) mass is 335 g/mol. The van der Waals surface area contributed by atoms with Gasteiger partial charge >= 0.3 is 12.1 Å². The first-order chi connectivity index (χ1) is 10.2. The van der Waals surface area contributed by atoms with E-state index in [1.807, 2.05) is 0 Å². The quantitative estimate of drug-likeness (QED) is 0.860. The highest BCUT2D eigenvalue weighted by molar-refractivity contribution is 7.17. The van der Waals surface area contributed by atoms with Crippen LogP contribution < -0.4 is 5.32 Å². The van der Waals surface area contributed by atoms with Crippen molar-refractivity contribution in [2.24, 2.45) is 5.92 Å². The Kier molecular flexibility index (Phi) is 4.79.